The third kappa shape index (κ3) is 1.79. The number of aliphatic imine (C=N–C) groups is 1. The van der Waals surface area contributed by atoms with E-state index in [0.717, 1.165) is 11.3 Å². The summed E-state index contributed by atoms with van der Waals surface area (Å²) in [4.78, 5) is 8.04. The first-order chi connectivity index (χ1) is 5.77. The Kier molecular flexibility index (Phi) is 2.76. The van der Waals surface area contributed by atoms with E-state index in [4.69, 9.17) is 5.84 Å². The maximum atomic E-state index is 5.26. The fourth-order valence-corrected chi connectivity index (χ4v) is 0.970. The molecule has 1 aromatic rings. The summed E-state index contributed by atoms with van der Waals surface area (Å²) in [6.07, 6.45) is 1.73. The second-order valence-electron chi connectivity index (χ2n) is 2.40. The van der Waals surface area contributed by atoms with Gasteiger partial charge in [0.2, 0.25) is 0 Å². The van der Waals surface area contributed by atoms with Crippen LogP contribution in [0.3, 0.4) is 0 Å². The summed E-state index contributed by atoms with van der Waals surface area (Å²) in [5.41, 5.74) is 4.42. The molecule has 0 saturated heterocycles. The van der Waals surface area contributed by atoms with Gasteiger partial charge in [0, 0.05) is 24.5 Å². The Morgan fingerprint density at radius 3 is 2.92 bits per heavy atom. The van der Waals surface area contributed by atoms with E-state index in [0.29, 0.717) is 5.84 Å². The first-order valence-corrected chi connectivity index (χ1v) is 3.64. The van der Waals surface area contributed by atoms with Crippen LogP contribution in [0.15, 0.2) is 23.3 Å². The van der Waals surface area contributed by atoms with Crippen LogP contribution in [0.2, 0.25) is 0 Å². The largest absolute Gasteiger partial charge is 0.308 e. The molecule has 0 amide bonds. The Hall–Kier alpha value is -1.42. The van der Waals surface area contributed by atoms with Crippen molar-refractivity contribution in [2.24, 2.45) is 10.8 Å². The van der Waals surface area contributed by atoms with Gasteiger partial charge in [-0.05, 0) is 19.1 Å². The molecule has 0 saturated carbocycles. The molecule has 64 valence electrons. The molecule has 1 rings (SSSR count). The minimum absolute atomic E-state index is 0.667. The molecule has 0 spiro atoms. The number of nitrogens with two attached hydrogens (primary N) is 1. The highest BCUT2D eigenvalue weighted by molar-refractivity contribution is 5.98. The van der Waals surface area contributed by atoms with Crippen molar-refractivity contribution >= 4 is 5.84 Å². The van der Waals surface area contributed by atoms with Crippen LogP contribution in [0, 0.1) is 6.92 Å². The molecular weight excluding hydrogens is 152 g/mol. The van der Waals surface area contributed by atoms with E-state index in [-0.39, 0.29) is 0 Å². The van der Waals surface area contributed by atoms with Crippen LogP contribution in [-0.2, 0) is 0 Å². The van der Waals surface area contributed by atoms with Gasteiger partial charge >= 0.3 is 0 Å². The van der Waals surface area contributed by atoms with Crippen molar-refractivity contribution < 1.29 is 0 Å². The summed E-state index contributed by atoms with van der Waals surface area (Å²) in [7, 11) is 1.69. The fourth-order valence-electron chi connectivity index (χ4n) is 0.970. The second-order valence-corrected chi connectivity index (χ2v) is 2.40. The summed E-state index contributed by atoms with van der Waals surface area (Å²) < 4.78 is 0. The van der Waals surface area contributed by atoms with Crippen LogP contribution < -0.4 is 11.3 Å². The molecule has 4 nitrogen and oxygen atoms in total. The Bertz CT molecular complexity index is 293. The number of hydrogen-bond acceptors (Lipinski definition) is 3. The molecule has 1 aromatic heterocycles. The maximum Gasteiger partial charge on any atom is 0.142 e. The average molecular weight is 164 g/mol. The third-order valence-electron chi connectivity index (χ3n) is 1.53. The fraction of sp³-hybridized carbons (Fsp3) is 0.250. The van der Waals surface area contributed by atoms with E-state index in [1.54, 1.807) is 13.2 Å². The predicted molar refractivity (Wildman–Crippen MR) is 48.8 cm³/mol. The molecule has 0 aromatic carbocycles. The van der Waals surface area contributed by atoms with Crippen LogP contribution in [0.25, 0.3) is 0 Å². The van der Waals surface area contributed by atoms with Crippen LogP contribution in [-0.4, -0.2) is 17.9 Å². The molecule has 0 aliphatic carbocycles. The van der Waals surface area contributed by atoms with E-state index >= 15 is 0 Å². The number of pyridine rings is 1. The molecule has 0 atom stereocenters. The standard InChI is InChI=1S/C8H12N4/c1-6-5-7(3-4-11-6)8(10-2)12-9/h3-5H,9H2,1-2H3,(H,10,12). The summed E-state index contributed by atoms with van der Waals surface area (Å²) in [6, 6.07) is 3.78. The molecule has 0 radical (unpaired) electrons. The lowest BCUT2D eigenvalue weighted by atomic mass is 10.2. The van der Waals surface area contributed by atoms with Gasteiger partial charge in [-0.3, -0.25) is 9.98 Å². The van der Waals surface area contributed by atoms with E-state index in [1.807, 2.05) is 19.1 Å². The number of amidine groups is 1. The quantitative estimate of drug-likeness (QED) is 0.270. The second kappa shape index (κ2) is 3.82. The zero-order valence-electron chi connectivity index (χ0n) is 7.20. The van der Waals surface area contributed by atoms with Crippen molar-refractivity contribution in [3.05, 3.63) is 29.6 Å². The number of hydrogen-bond donors (Lipinski definition) is 2. The zero-order chi connectivity index (χ0) is 8.97. The van der Waals surface area contributed by atoms with E-state index < -0.39 is 0 Å². The number of nitrogens with one attached hydrogen (secondary N) is 1. The molecule has 4 heteroatoms. The topological polar surface area (TPSA) is 63.3 Å². The van der Waals surface area contributed by atoms with Crippen molar-refractivity contribution in [3.8, 4) is 0 Å². The molecule has 0 aliphatic rings. The Balaban J connectivity index is 3.02. The number of rotatable bonds is 1. The van der Waals surface area contributed by atoms with Gasteiger partial charge in [-0.15, -0.1) is 0 Å². The highest BCUT2D eigenvalue weighted by Crippen LogP contribution is 2.00. The van der Waals surface area contributed by atoms with Crippen LogP contribution in [0.5, 0.6) is 0 Å². The molecule has 0 aliphatic heterocycles. The van der Waals surface area contributed by atoms with E-state index in [1.165, 1.54) is 0 Å². The van der Waals surface area contributed by atoms with E-state index in [2.05, 4.69) is 15.4 Å². The highest BCUT2D eigenvalue weighted by Gasteiger charge is 1.99. The van der Waals surface area contributed by atoms with Crippen molar-refractivity contribution in [2.75, 3.05) is 7.05 Å². The van der Waals surface area contributed by atoms with E-state index in [9.17, 15) is 0 Å². The SMILES string of the molecule is CN=C(NN)c1ccnc(C)c1. The first-order valence-electron chi connectivity index (χ1n) is 3.64. The molecular formula is C8H12N4. The Morgan fingerprint density at radius 1 is 1.67 bits per heavy atom. The maximum absolute atomic E-state index is 5.26. The van der Waals surface area contributed by atoms with Gasteiger partial charge in [0.25, 0.3) is 0 Å². The summed E-state index contributed by atoms with van der Waals surface area (Å²) in [6.45, 7) is 1.92. The van der Waals surface area contributed by atoms with Gasteiger partial charge in [0.1, 0.15) is 5.84 Å². The lowest BCUT2D eigenvalue weighted by molar-refractivity contribution is 1.01. The number of hydrazine groups is 1. The summed E-state index contributed by atoms with van der Waals surface area (Å²) in [5, 5.41) is 0. The molecule has 12 heavy (non-hydrogen) atoms. The van der Waals surface area contributed by atoms with Gasteiger partial charge < -0.3 is 5.43 Å². The Morgan fingerprint density at radius 2 is 2.42 bits per heavy atom. The minimum atomic E-state index is 0.667. The van der Waals surface area contributed by atoms with Gasteiger partial charge in [0.15, 0.2) is 0 Å². The van der Waals surface area contributed by atoms with Crippen LogP contribution in [0.1, 0.15) is 11.3 Å². The van der Waals surface area contributed by atoms with Crippen LogP contribution in [0.4, 0.5) is 0 Å². The molecule has 0 unspecified atom stereocenters. The third-order valence-corrected chi connectivity index (χ3v) is 1.53. The summed E-state index contributed by atoms with van der Waals surface area (Å²) >= 11 is 0. The number of aromatic nitrogens is 1. The summed E-state index contributed by atoms with van der Waals surface area (Å²) in [5.74, 6) is 5.93. The lowest BCUT2D eigenvalue weighted by Crippen LogP contribution is -2.31. The Labute approximate surface area is 71.5 Å². The van der Waals surface area contributed by atoms with Gasteiger partial charge in [-0.25, -0.2) is 5.84 Å². The monoisotopic (exact) mass is 164 g/mol. The number of nitrogens with zero attached hydrogens (tertiary/aromatic N) is 2. The molecule has 0 bridgehead atoms. The average Bonchev–Trinajstić information content (AvgIpc) is 2.07. The van der Waals surface area contributed by atoms with Gasteiger partial charge in [0.05, 0.1) is 0 Å². The van der Waals surface area contributed by atoms with Gasteiger partial charge in [-0.2, -0.15) is 0 Å². The van der Waals surface area contributed by atoms with Crippen molar-refractivity contribution in [1.82, 2.24) is 10.4 Å². The molecule has 0 fully saturated rings. The normalized spacial score (nSPS) is 11.4. The lowest BCUT2D eigenvalue weighted by Gasteiger charge is -2.03. The van der Waals surface area contributed by atoms with Crippen molar-refractivity contribution in [2.45, 2.75) is 6.92 Å². The van der Waals surface area contributed by atoms with Crippen molar-refractivity contribution in [3.63, 3.8) is 0 Å². The van der Waals surface area contributed by atoms with Crippen LogP contribution >= 0.6 is 0 Å². The van der Waals surface area contributed by atoms with Gasteiger partial charge in [-0.1, -0.05) is 0 Å². The smallest absolute Gasteiger partial charge is 0.142 e. The number of aryl methyl sites for hydroxylation is 1. The van der Waals surface area contributed by atoms with Crippen molar-refractivity contribution in [1.29, 1.82) is 0 Å². The highest BCUT2D eigenvalue weighted by atomic mass is 15.2. The molecule has 1 heterocycles. The minimum Gasteiger partial charge on any atom is -0.308 e. The first kappa shape index (κ1) is 8.67. The predicted octanol–water partition coefficient (Wildman–Crippen LogP) is 0.230. The molecule has 3 N–H and O–H groups in total. The zero-order valence-corrected chi connectivity index (χ0v) is 7.20.